The van der Waals surface area contributed by atoms with E-state index in [1.807, 2.05) is 18.2 Å². The highest BCUT2D eigenvalue weighted by Gasteiger charge is 2.41. The van der Waals surface area contributed by atoms with Crippen LogP contribution in [-0.2, 0) is 10.2 Å². The van der Waals surface area contributed by atoms with Crippen molar-refractivity contribution in [3.63, 3.8) is 0 Å². The normalized spacial score (nSPS) is 17.2. The zero-order valence-corrected chi connectivity index (χ0v) is 9.40. The molecule has 2 rings (SSSR count). The molecule has 1 saturated heterocycles. The van der Waals surface area contributed by atoms with Gasteiger partial charge in [-0.3, -0.25) is 0 Å². The molecule has 16 heavy (non-hydrogen) atoms. The number of hydrogen-bond acceptors (Lipinski definition) is 3. The standard InChI is InChI=1S/C13H15NO2/c1-15-12-6-3-2-5-11(12)13(7-4-8-14)9-16-10-13/h2-3,5-6H,4,7,9-10H2,1H3. The molecule has 0 bridgehead atoms. The molecule has 0 amide bonds. The van der Waals surface area contributed by atoms with Gasteiger partial charge in [-0.1, -0.05) is 18.2 Å². The van der Waals surface area contributed by atoms with Crippen LogP contribution in [-0.4, -0.2) is 20.3 Å². The molecule has 0 radical (unpaired) electrons. The molecule has 1 aliphatic rings. The Balaban J connectivity index is 2.29. The van der Waals surface area contributed by atoms with Crippen molar-refractivity contribution >= 4 is 0 Å². The second-order valence-electron chi connectivity index (χ2n) is 4.13. The summed E-state index contributed by atoms with van der Waals surface area (Å²) in [6.45, 7) is 1.38. The van der Waals surface area contributed by atoms with E-state index in [2.05, 4.69) is 12.1 Å². The van der Waals surface area contributed by atoms with Gasteiger partial charge in [-0.2, -0.15) is 5.26 Å². The zero-order chi connectivity index (χ0) is 11.4. The van der Waals surface area contributed by atoms with Gasteiger partial charge in [-0.05, 0) is 12.5 Å². The van der Waals surface area contributed by atoms with Crippen LogP contribution >= 0.6 is 0 Å². The number of ether oxygens (including phenoxy) is 2. The van der Waals surface area contributed by atoms with Gasteiger partial charge in [0.1, 0.15) is 5.75 Å². The average Bonchev–Trinajstić information content (AvgIpc) is 2.28. The SMILES string of the molecule is COc1ccccc1C1(CCC#N)COC1. The maximum absolute atomic E-state index is 8.70. The molecule has 3 nitrogen and oxygen atoms in total. The molecule has 1 aliphatic heterocycles. The third-order valence-electron chi connectivity index (χ3n) is 3.15. The van der Waals surface area contributed by atoms with E-state index in [4.69, 9.17) is 14.7 Å². The Morgan fingerprint density at radius 2 is 2.19 bits per heavy atom. The first-order valence-corrected chi connectivity index (χ1v) is 5.40. The van der Waals surface area contributed by atoms with Crippen LogP contribution in [0.1, 0.15) is 18.4 Å². The summed E-state index contributed by atoms with van der Waals surface area (Å²) in [5.74, 6) is 0.892. The maximum atomic E-state index is 8.70. The van der Waals surface area contributed by atoms with Crippen LogP contribution in [0.2, 0.25) is 0 Å². The zero-order valence-electron chi connectivity index (χ0n) is 9.40. The Kier molecular flexibility index (Phi) is 3.12. The largest absolute Gasteiger partial charge is 0.496 e. The minimum atomic E-state index is -0.0116. The van der Waals surface area contributed by atoms with E-state index in [0.717, 1.165) is 12.2 Å². The summed E-state index contributed by atoms with van der Waals surface area (Å²) < 4.78 is 10.7. The lowest BCUT2D eigenvalue weighted by Crippen LogP contribution is -2.46. The molecule has 0 aliphatic carbocycles. The Bertz CT molecular complexity index is 405. The quantitative estimate of drug-likeness (QED) is 0.777. The van der Waals surface area contributed by atoms with Crippen LogP contribution in [0.4, 0.5) is 0 Å². The number of methoxy groups -OCH3 is 1. The minimum Gasteiger partial charge on any atom is -0.496 e. The summed E-state index contributed by atoms with van der Waals surface area (Å²) in [6, 6.07) is 10.2. The third kappa shape index (κ3) is 1.77. The van der Waals surface area contributed by atoms with Gasteiger partial charge < -0.3 is 9.47 Å². The highest BCUT2D eigenvalue weighted by Crippen LogP contribution is 2.41. The second kappa shape index (κ2) is 4.54. The van der Waals surface area contributed by atoms with E-state index in [1.165, 1.54) is 5.56 Å². The van der Waals surface area contributed by atoms with Crippen molar-refractivity contribution in [2.45, 2.75) is 18.3 Å². The number of nitriles is 1. The molecule has 0 aromatic heterocycles. The van der Waals surface area contributed by atoms with Gasteiger partial charge in [0.25, 0.3) is 0 Å². The number of rotatable bonds is 4. The molecule has 0 N–H and O–H groups in total. The second-order valence-corrected chi connectivity index (χ2v) is 4.13. The molecule has 84 valence electrons. The first kappa shape index (κ1) is 11.0. The lowest BCUT2D eigenvalue weighted by atomic mass is 9.74. The predicted octanol–water partition coefficient (Wildman–Crippen LogP) is 2.27. The van der Waals surface area contributed by atoms with Crippen molar-refractivity contribution in [2.75, 3.05) is 20.3 Å². The topological polar surface area (TPSA) is 42.2 Å². The number of para-hydroxylation sites is 1. The molecule has 0 atom stereocenters. The summed E-state index contributed by atoms with van der Waals surface area (Å²) in [5.41, 5.74) is 1.15. The van der Waals surface area contributed by atoms with Gasteiger partial charge in [0, 0.05) is 17.4 Å². The average molecular weight is 217 g/mol. The van der Waals surface area contributed by atoms with E-state index < -0.39 is 0 Å². The molecule has 1 fully saturated rings. The van der Waals surface area contributed by atoms with Gasteiger partial charge >= 0.3 is 0 Å². The van der Waals surface area contributed by atoms with Gasteiger partial charge in [0.15, 0.2) is 0 Å². The van der Waals surface area contributed by atoms with E-state index in [0.29, 0.717) is 19.6 Å². The smallest absolute Gasteiger partial charge is 0.122 e. The van der Waals surface area contributed by atoms with Crippen LogP contribution in [0.3, 0.4) is 0 Å². The Hall–Kier alpha value is -1.53. The van der Waals surface area contributed by atoms with E-state index >= 15 is 0 Å². The van der Waals surface area contributed by atoms with Crippen molar-refractivity contribution in [1.29, 1.82) is 5.26 Å². The fourth-order valence-electron chi connectivity index (χ4n) is 2.16. The summed E-state index contributed by atoms with van der Waals surface area (Å²) in [4.78, 5) is 0. The highest BCUT2D eigenvalue weighted by atomic mass is 16.5. The van der Waals surface area contributed by atoms with Crippen LogP contribution < -0.4 is 4.74 Å². The molecule has 3 heteroatoms. The van der Waals surface area contributed by atoms with Gasteiger partial charge in [-0.25, -0.2) is 0 Å². The monoisotopic (exact) mass is 217 g/mol. The minimum absolute atomic E-state index is 0.0116. The van der Waals surface area contributed by atoms with Crippen molar-refractivity contribution < 1.29 is 9.47 Å². The van der Waals surface area contributed by atoms with Gasteiger partial charge in [0.05, 0.1) is 26.4 Å². The van der Waals surface area contributed by atoms with Crippen molar-refractivity contribution in [3.8, 4) is 11.8 Å². The molecule has 0 saturated carbocycles. The number of hydrogen-bond donors (Lipinski definition) is 0. The molecule has 1 aromatic carbocycles. The Morgan fingerprint density at radius 3 is 2.75 bits per heavy atom. The number of nitrogens with zero attached hydrogens (tertiary/aromatic N) is 1. The van der Waals surface area contributed by atoms with Gasteiger partial charge in [-0.15, -0.1) is 0 Å². The molecule has 0 unspecified atom stereocenters. The summed E-state index contributed by atoms with van der Waals surface area (Å²) in [5, 5.41) is 8.70. The molecular formula is C13H15NO2. The summed E-state index contributed by atoms with van der Waals surface area (Å²) in [7, 11) is 1.68. The van der Waals surface area contributed by atoms with Crippen LogP contribution in [0, 0.1) is 11.3 Å². The first-order chi connectivity index (χ1) is 7.82. The van der Waals surface area contributed by atoms with E-state index in [-0.39, 0.29) is 5.41 Å². The summed E-state index contributed by atoms with van der Waals surface area (Å²) >= 11 is 0. The van der Waals surface area contributed by atoms with Crippen LogP contribution in [0.25, 0.3) is 0 Å². The Morgan fingerprint density at radius 1 is 1.44 bits per heavy atom. The predicted molar refractivity (Wildman–Crippen MR) is 60.3 cm³/mol. The van der Waals surface area contributed by atoms with Gasteiger partial charge in [0.2, 0.25) is 0 Å². The molecule has 0 spiro atoms. The molecule has 1 heterocycles. The summed E-state index contributed by atoms with van der Waals surface area (Å²) in [6.07, 6.45) is 1.39. The molecular weight excluding hydrogens is 202 g/mol. The fourth-order valence-corrected chi connectivity index (χ4v) is 2.16. The van der Waals surface area contributed by atoms with Crippen molar-refractivity contribution in [3.05, 3.63) is 29.8 Å². The van der Waals surface area contributed by atoms with Crippen LogP contribution in [0.5, 0.6) is 5.75 Å². The van der Waals surface area contributed by atoms with Crippen molar-refractivity contribution in [2.24, 2.45) is 0 Å². The third-order valence-corrected chi connectivity index (χ3v) is 3.15. The lowest BCUT2D eigenvalue weighted by Gasteiger charge is -2.42. The maximum Gasteiger partial charge on any atom is 0.122 e. The number of benzene rings is 1. The lowest BCUT2D eigenvalue weighted by molar-refractivity contribution is -0.0645. The highest BCUT2D eigenvalue weighted by molar-refractivity contribution is 5.41. The van der Waals surface area contributed by atoms with E-state index in [9.17, 15) is 0 Å². The first-order valence-electron chi connectivity index (χ1n) is 5.40. The molecule has 1 aromatic rings. The Labute approximate surface area is 95.6 Å². The van der Waals surface area contributed by atoms with Crippen LogP contribution in [0.15, 0.2) is 24.3 Å². The van der Waals surface area contributed by atoms with Crippen molar-refractivity contribution in [1.82, 2.24) is 0 Å². The fraction of sp³-hybridized carbons (Fsp3) is 0.462. The van der Waals surface area contributed by atoms with E-state index in [1.54, 1.807) is 7.11 Å².